The Bertz CT molecular complexity index is 302. The number of aliphatic imine (C=N–C) groups is 1. The van der Waals surface area contributed by atoms with Gasteiger partial charge in [-0.3, -0.25) is 9.69 Å². The van der Waals surface area contributed by atoms with Gasteiger partial charge in [-0.1, -0.05) is 6.92 Å². The lowest BCUT2D eigenvalue weighted by Crippen LogP contribution is -2.56. The first-order valence-electron chi connectivity index (χ1n) is 5.16. The van der Waals surface area contributed by atoms with Gasteiger partial charge in [0.15, 0.2) is 4.87 Å². The van der Waals surface area contributed by atoms with E-state index < -0.39 is 4.87 Å². The van der Waals surface area contributed by atoms with Crippen LogP contribution in [0.1, 0.15) is 13.3 Å². The minimum atomic E-state index is -0.647. The Morgan fingerprint density at radius 2 is 2.27 bits per heavy atom. The normalized spacial score (nSPS) is 33.1. The number of aliphatic hydroxyl groups excluding tert-OH is 1. The van der Waals surface area contributed by atoms with Crippen LogP contribution in [0.15, 0.2) is 4.99 Å². The van der Waals surface area contributed by atoms with Crippen molar-refractivity contribution in [1.82, 2.24) is 10.2 Å². The Kier molecular flexibility index (Phi) is 2.99. The monoisotopic (exact) mass is 229 g/mol. The summed E-state index contributed by atoms with van der Waals surface area (Å²) in [5.41, 5.74) is 0. The van der Waals surface area contributed by atoms with Crippen LogP contribution in [0.5, 0.6) is 0 Å². The molecule has 2 aliphatic heterocycles. The molecule has 0 spiro atoms. The van der Waals surface area contributed by atoms with Crippen molar-refractivity contribution in [2.24, 2.45) is 4.99 Å². The molecule has 1 saturated heterocycles. The zero-order valence-electron chi connectivity index (χ0n) is 8.69. The number of nitrogens with one attached hydrogen (secondary N) is 1. The highest BCUT2D eigenvalue weighted by Crippen LogP contribution is 2.39. The first-order valence-corrected chi connectivity index (χ1v) is 5.97. The maximum absolute atomic E-state index is 11.8. The van der Waals surface area contributed by atoms with Gasteiger partial charge in [0.2, 0.25) is 0 Å². The molecule has 6 heteroatoms. The van der Waals surface area contributed by atoms with Gasteiger partial charge in [0.25, 0.3) is 11.1 Å². The Morgan fingerprint density at radius 3 is 2.73 bits per heavy atom. The molecule has 0 radical (unpaired) electrons. The summed E-state index contributed by atoms with van der Waals surface area (Å²) in [6, 6.07) is 0. The van der Waals surface area contributed by atoms with E-state index in [0.717, 1.165) is 26.2 Å². The molecule has 0 saturated carbocycles. The standard InChI is InChI=1S/C9H15N3O2S/c1-2-9(7(13)11-8(14)15-9)12-5-3-10-4-6-12/h10H,2-6H2,1H3,(H,11,13,14). The largest absolute Gasteiger partial charge is 0.488 e. The molecule has 0 aromatic rings. The van der Waals surface area contributed by atoms with Gasteiger partial charge in [-0.2, -0.15) is 4.99 Å². The molecule has 15 heavy (non-hydrogen) atoms. The van der Waals surface area contributed by atoms with Crippen LogP contribution in [0.4, 0.5) is 0 Å². The zero-order valence-corrected chi connectivity index (χ0v) is 9.51. The average molecular weight is 229 g/mol. The van der Waals surface area contributed by atoms with Crippen molar-refractivity contribution in [2.75, 3.05) is 26.2 Å². The molecule has 2 rings (SSSR count). The maximum atomic E-state index is 11.8. The third-order valence-corrected chi connectivity index (χ3v) is 4.23. The number of hydrogen-bond donors (Lipinski definition) is 2. The van der Waals surface area contributed by atoms with Crippen LogP contribution >= 0.6 is 11.8 Å². The molecule has 0 aliphatic carbocycles. The minimum absolute atomic E-state index is 0.0969. The first-order chi connectivity index (χ1) is 7.19. The van der Waals surface area contributed by atoms with Crippen molar-refractivity contribution in [3.8, 4) is 0 Å². The van der Waals surface area contributed by atoms with Gasteiger partial charge in [-0.05, 0) is 18.2 Å². The Labute approximate surface area is 92.9 Å². The Balaban J connectivity index is 2.18. The zero-order chi connectivity index (χ0) is 10.9. The second kappa shape index (κ2) is 4.11. The number of nitrogens with zero attached hydrogens (tertiary/aromatic N) is 2. The smallest absolute Gasteiger partial charge is 0.280 e. The summed E-state index contributed by atoms with van der Waals surface area (Å²) in [6.07, 6.45) is 0.671. The van der Waals surface area contributed by atoms with Crippen LogP contribution in [-0.2, 0) is 4.79 Å². The second-order valence-electron chi connectivity index (χ2n) is 3.68. The molecule has 2 aliphatic rings. The number of amides is 1. The number of rotatable bonds is 2. The fourth-order valence-corrected chi connectivity index (χ4v) is 3.08. The number of piperazine rings is 1. The van der Waals surface area contributed by atoms with E-state index in [2.05, 4.69) is 15.2 Å². The van der Waals surface area contributed by atoms with E-state index >= 15 is 0 Å². The Morgan fingerprint density at radius 1 is 1.60 bits per heavy atom. The van der Waals surface area contributed by atoms with E-state index in [0.29, 0.717) is 6.42 Å². The van der Waals surface area contributed by atoms with E-state index in [4.69, 9.17) is 0 Å². The maximum Gasteiger partial charge on any atom is 0.280 e. The quantitative estimate of drug-likeness (QED) is 0.707. The van der Waals surface area contributed by atoms with Crippen LogP contribution in [0.3, 0.4) is 0 Å². The van der Waals surface area contributed by atoms with Gasteiger partial charge in [0, 0.05) is 26.2 Å². The molecule has 2 heterocycles. The molecule has 0 aromatic heterocycles. The van der Waals surface area contributed by atoms with E-state index in [-0.39, 0.29) is 11.1 Å². The lowest BCUT2D eigenvalue weighted by Gasteiger charge is -2.39. The number of carbonyl (C=O) groups is 1. The van der Waals surface area contributed by atoms with Gasteiger partial charge in [-0.25, -0.2) is 0 Å². The van der Waals surface area contributed by atoms with Gasteiger partial charge in [0.05, 0.1) is 0 Å². The van der Waals surface area contributed by atoms with E-state index in [1.165, 1.54) is 11.8 Å². The van der Waals surface area contributed by atoms with Crippen molar-refractivity contribution < 1.29 is 9.90 Å². The lowest BCUT2D eigenvalue weighted by molar-refractivity contribution is -0.124. The topological polar surface area (TPSA) is 64.9 Å². The lowest BCUT2D eigenvalue weighted by atomic mass is 10.1. The highest BCUT2D eigenvalue weighted by molar-refractivity contribution is 8.15. The van der Waals surface area contributed by atoms with Gasteiger partial charge >= 0.3 is 0 Å². The number of aliphatic hydroxyl groups is 1. The van der Waals surface area contributed by atoms with Crippen LogP contribution in [0.25, 0.3) is 0 Å². The van der Waals surface area contributed by atoms with Crippen LogP contribution in [0.2, 0.25) is 0 Å². The summed E-state index contributed by atoms with van der Waals surface area (Å²) < 4.78 is 0. The van der Waals surface area contributed by atoms with Crippen molar-refractivity contribution in [3.63, 3.8) is 0 Å². The number of hydrogen-bond acceptors (Lipinski definition) is 4. The molecule has 84 valence electrons. The van der Waals surface area contributed by atoms with Gasteiger partial charge in [0.1, 0.15) is 0 Å². The number of carbonyl (C=O) groups excluding carboxylic acids is 1. The third kappa shape index (κ3) is 1.77. The molecule has 1 fully saturated rings. The van der Waals surface area contributed by atoms with Crippen molar-refractivity contribution in [2.45, 2.75) is 18.2 Å². The minimum Gasteiger partial charge on any atom is -0.488 e. The van der Waals surface area contributed by atoms with Gasteiger partial charge in [-0.15, -0.1) is 0 Å². The fourth-order valence-electron chi connectivity index (χ4n) is 2.06. The van der Waals surface area contributed by atoms with Crippen molar-refractivity contribution >= 4 is 22.9 Å². The van der Waals surface area contributed by atoms with Crippen LogP contribution in [-0.4, -0.2) is 52.2 Å². The molecule has 1 unspecified atom stereocenters. The van der Waals surface area contributed by atoms with Crippen LogP contribution in [0, 0.1) is 0 Å². The second-order valence-corrected chi connectivity index (χ2v) is 4.92. The molecular weight excluding hydrogens is 214 g/mol. The SMILES string of the molecule is CCC1(N2CCNCC2)SC(O)=NC1=O. The fraction of sp³-hybridized carbons (Fsp3) is 0.778. The molecular formula is C9H15N3O2S. The summed E-state index contributed by atoms with van der Waals surface area (Å²) in [5.74, 6) is -0.214. The molecule has 2 N–H and O–H groups in total. The Hall–Kier alpha value is -0.590. The molecule has 1 atom stereocenters. The summed E-state index contributed by atoms with van der Waals surface area (Å²) >= 11 is 1.18. The summed E-state index contributed by atoms with van der Waals surface area (Å²) in [6.45, 7) is 5.39. The molecule has 0 bridgehead atoms. The molecule has 0 aromatic carbocycles. The summed E-state index contributed by atoms with van der Waals surface area (Å²) in [4.78, 5) is 16.9. The average Bonchev–Trinajstić information content (AvgIpc) is 2.56. The number of thioether (sulfide) groups is 1. The first kappa shape index (κ1) is 10.9. The van der Waals surface area contributed by atoms with E-state index in [9.17, 15) is 9.90 Å². The van der Waals surface area contributed by atoms with Crippen LogP contribution < -0.4 is 5.32 Å². The third-order valence-electron chi connectivity index (χ3n) is 2.90. The highest BCUT2D eigenvalue weighted by atomic mass is 32.2. The van der Waals surface area contributed by atoms with Crippen molar-refractivity contribution in [3.05, 3.63) is 0 Å². The molecule has 1 amide bonds. The highest BCUT2D eigenvalue weighted by Gasteiger charge is 2.49. The van der Waals surface area contributed by atoms with Crippen molar-refractivity contribution in [1.29, 1.82) is 0 Å². The van der Waals surface area contributed by atoms with E-state index in [1.54, 1.807) is 0 Å². The summed E-state index contributed by atoms with van der Waals surface area (Å²) in [7, 11) is 0. The summed E-state index contributed by atoms with van der Waals surface area (Å²) in [5, 5.41) is 12.5. The van der Waals surface area contributed by atoms with E-state index in [1.807, 2.05) is 6.92 Å². The van der Waals surface area contributed by atoms with Gasteiger partial charge < -0.3 is 10.4 Å². The predicted molar refractivity (Wildman–Crippen MR) is 60.1 cm³/mol. The molecule has 5 nitrogen and oxygen atoms in total. The predicted octanol–water partition coefficient (Wildman–Crippen LogP) is 0.185.